The van der Waals surface area contributed by atoms with Crippen molar-refractivity contribution in [2.45, 2.75) is 19.4 Å². The summed E-state index contributed by atoms with van der Waals surface area (Å²) in [7, 11) is 0. The number of carbonyl (C=O) groups is 1. The zero-order chi connectivity index (χ0) is 15.8. The smallest absolute Gasteiger partial charge is 0.241 e. The van der Waals surface area contributed by atoms with Crippen LogP contribution in [0.2, 0.25) is 0 Å². The minimum atomic E-state index is -0.287. The maximum atomic E-state index is 12.0. The van der Waals surface area contributed by atoms with Crippen LogP contribution >= 0.6 is 0 Å². The van der Waals surface area contributed by atoms with E-state index in [2.05, 4.69) is 15.5 Å². The summed E-state index contributed by atoms with van der Waals surface area (Å²) in [5.74, 6) is -0.0722. The summed E-state index contributed by atoms with van der Waals surface area (Å²) in [5.41, 5.74) is 1.94. The molecule has 1 amide bonds. The maximum Gasteiger partial charge on any atom is 0.241 e. The Morgan fingerprint density at radius 1 is 1.32 bits per heavy atom. The van der Waals surface area contributed by atoms with Crippen LogP contribution in [-0.2, 0) is 9.53 Å². The summed E-state index contributed by atoms with van der Waals surface area (Å²) < 4.78 is 5.34. The Kier molecular flexibility index (Phi) is 6.64. The first kappa shape index (κ1) is 16.7. The Bertz CT molecular complexity index is 458. The molecule has 0 radical (unpaired) electrons. The maximum absolute atomic E-state index is 12.0. The van der Waals surface area contributed by atoms with Crippen LogP contribution in [0.15, 0.2) is 24.3 Å². The van der Waals surface area contributed by atoms with Crippen molar-refractivity contribution in [2.75, 3.05) is 49.7 Å². The molecule has 6 heteroatoms. The second kappa shape index (κ2) is 8.73. The van der Waals surface area contributed by atoms with Crippen LogP contribution in [0.3, 0.4) is 0 Å². The lowest BCUT2D eigenvalue weighted by molar-refractivity contribution is -0.117. The number of aliphatic hydroxyl groups excluding tert-OH is 1. The quantitative estimate of drug-likeness (QED) is 0.651. The predicted octanol–water partition coefficient (Wildman–Crippen LogP) is 0.822. The van der Waals surface area contributed by atoms with Crippen LogP contribution in [0.4, 0.5) is 11.4 Å². The highest BCUT2D eigenvalue weighted by Crippen LogP contribution is 2.19. The van der Waals surface area contributed by atoms with Crippen LogP contribution in [0.5, 0.6) is 0 Å². The Balaban J connectivity index is 1.83. The molecule has 1 aromatic carbocycles. The number of ether oxygens (including phenoxy) is 1. The summed E-state index contributed by atoms with van der Waals surface area (Å²) in [6.07, 6.45) is 0.645. The van der Waals surface area contributed by atoms with E-state index in [0.29, 0.717) is 13.0 Å². The molecular weight excluding hydrogens is 282 g/mol. The molecule has 0 bridgehead atoms. The number of nitrogens with zero attached hydrogens (tertiary/aromatic N) is 1. The van der Waals surface area contributed by atoms with Gasteiger partial charge in [0.05, 0.1) is 19.3 Å². The zero-order valence-corrected chi connectivity index (χ0v) is 13.0. The summed E-state index contributed by atoms with van der Waals surface area (Å²) in [4.78, 5) is 14.3. The third-order valence-electron chi connectivity index (χ3n) is 3.69. The van der Waals surface area contributed by atoms with Gasteiger partial charge in [0.15, 0.2) is 0 Å². The second-order valence-corrected chi connectivity index (χ2v) is 5.39. The Morgan fingerprint density at radius 2 is 2.00 bits per heavy atom. The molecule has 1 aliphatic heterocycles. The van der Waals surface area contributed by atoms with E-state index < -0.39 is 0 Å². The van der Waals surface area contributed by atoms with Crippen molar-refractivity contribution in [3.8, 4) is 0 Å². The van der Waals surface area contributed by atoms with E-state index in [1.807, 2.05) is 31.2 Å². The van der Waals surface area contributed by atoms with Crippen molar-refractivity contribution in [3.63, 3.8) is 0 Å². The van der Waals surface area contributed by atoms with Gasteiger partial charge in [-0.25, -0.2) is 0 Å². The van der Waals surface area contributed by atoms with Gasteiger partial charge < -0.3 is 25.4 Å². The summed E-state index contributed by atoms with van der Waals surface area (Å²) >= 11 is 0. The molecule has 0 unspecified atom stereocenters. The number of amides is 1. The van der Waals surface area contributed by atoms with Crippen LogP contribution in [-0.4, -0.2) is 56.5 Å². The SMILES string of the molecule is C[C@H](NCCCO)C(=O)Nc1ccc(N2CCOCC2)cc1. The average Bonchev–Trinajstić information content (AvgIpc) is 2.56. The monoisotopic (exact) mass is 307 g/mol. The van der Waals surface area contributed by atoms with Gasteiger partial charge in [-0.05, 0) is 44.2 Å². The molecule has 1 aliphatic rings. The first-order chi connectivity index (χ1) is 10.7. The molecule has 3 N–H and O–H groups in total. The van der Waals surface area contributed by atoms with E-state index in [4.69, 9.17) is 9.84 Å². The highest BCUT2D eigenvalue weighted by atomic mass is 16.5. The zero-order valence-electron chi connectivity index (χ0n) is 13.0. The van der Waals surface area contributed by atoms with Crippen LogP contribution in [0, 0.1) is 0 Å². The van der Waals surface area contributed by atoms with Gasteiger partial charge in [0.25, 0.3) is 0 Å². The van der Waals surface area contributed by atoms with Gasteiger partial charge in [0, 0.05) is 31.1 Å². The van der Waals surface area contributed by atoms with Gasteiger partial charge in [0.2, 0.25) is 5.91 Å². The van der Waals surface area contributed by atoms with E-state index in [1.165, 1.54) is 0 Å². The Morgan fingerprint density at radius 3 is 2.64 bits per heavy atom. The Hall–Kier alpha value is -1.63. The lowest BCUT2D eigenvalue weighted by Crippen LogP contribution is -2.38. The van der Waals surface area contributed by atoms with Crippen molar-refractivity contribution in [2.24, 2.45) is 0 Å². The molecule has 0 saturated carbocycles. The van der Waals surface area contributed by atoms with Gasteiger partial charge in [-0.15, -0.1) is 0 Å². The normalized spacial score (nSPS) is 16.4. The standard InChI is InChI=1S/C16H25N3O3/c1-13(17-7-2-10-20)16(21)18-14-3-5-15(6-4-14)19-8-11-22-12-9-19/h3-6,13,17,20H,2,7-12H2,1H3,(H,18,21)/t13-/m0/s1. The molecule has 0 aromatic heterocycles. The fourth-order valence-electron chi connectivity index (χ4n) is 2.32. The van der Waals surface area contributed by atoms with Gasteiger partial charge in [-0.3, -0.25) is 4.79 Å². The molecule has 1 fully saturated rings. The first-order valence-corrected chi connectivity index (χ1v) is 7.78. The predicted molar refractivity (Wildman–Crippen MR) is 87.3 cm³/mol. The third kappa shape index (κ3) is 4.98. The van der Waals surface area contributed by atoms with Crippen molar-refractivity contribution in [1.82, 2.24) is 5.32 Å². The number of hydrogen-bond acceptors (Lipinski definition) is 5. The summed E-state index contributed by atoms with van der Waals surface area (Å²) in [6.45, 7) is 5.89. The molecule has 22 heavy (non-hydrogen) atoms. The van der Waals surface area contributed by atoms with Crippen LogP contribution < -0.4 is 15.5 Å². The summed E-state index contributed by atoms with van der Waals surface area (Å²) in [5, 5.41) is 14.7. The second-order valence-electron chi connectivity index (χ2n) is 5.39. The van der Waals surface area contributed by atoms with Gasteiger partial charge in [-0.1, -0.05) is 0 Å². The number of nitrogens with one attached hydrogen (secondary N) is 2. The average molecular weight is 307 g/mol. The molecule has 6 nitrogen and oxygen atoms in total. The largest absolute Gasteiger partial charge is 0.396 e. The number of benzene rings is 1. The number of hydrogen-bond donors (Lipinski definition) is 3. The molecule has 1 atom stereocenters. The Labute approximate surface area is 131 Å². The molecule has 122 valence electrons. The fraction of sp³-hybridized carbons (Fsp3) is 0.562. The number of carbonyl (C=O) groups excluding carboxylic acids is 1. The van der Waals surface area contributed by atoms with Gasteiger partial charge >= 0.3 is 0 Å². The van der Waals surface area contributed by atoms with E-state index in [1.54, 1.807) is 0 Å². The van der Waals surface area contributed by atoms with E-state index in [-0.39, 0.29) is 18.6 Å². The van der Waals surface area contributed by atoms with E-state index in [0.717, 1.165) is 37.7 Å². The van der Waals surface area contributed by atoms with Gasteiger partial charge in [-0.2, -0.15) is 0 Å². The number of anilines is 2. The molecule has 0 spiro atoms. The fourth-order valence-corrected chi connectivity index (χ4v) is 2.32. The highest BCUT2D eigenvalue weighted by molar-refractivity contribution is 5.94. The molecule has 2 rings (SSSR count). The molecule has 0 aliphatic carbocycles. The number of aliphatic hydroxyl groups is 1. The van der Waals surface area contributed by atoms with Gasteiger partial charge in [0.1, 0.15) is 0 Å². The molecule has 1 heterocycles. The molecular formula is C16H25N3O3. The van der Waals surface area contributed by atoms with E-state index >= 15 is 0 Å². The highest BCUT2D eigenvalue weighted by Gasteiger charge is 2.13. The van der Waals surface area contributed by atoms with Crippen LogP contribution in [0.1, 0.15) is 13.3 Å². The van der Waals surface area contributed by atoms with Crippen molar-refractivity contribution in [1.29, 1.82) is 0 Å². The molecule has 1 saturated heterocycles. The lowest BCUT2D eigenvalue weighted by atomic mass is 10.2. The van der Waals surface area contributed by atoms with Crippen molar-refractivity contribution >= 4 is 17.3 Å². The third-order valence-corrected chi connectivity index (χ3v) is 3.69. The number of rotatable bonds is 7. The van der Waals surface area contributed by atoms with Crippen molar-refractivity contribution < 1.29 is 14.6 Å². The number of morpholine rings is 1. The topological polar surface area (TPSA) is 73.8 Å². The van der Waals surface area contributed by atoms with E-state index in [9.17, 15) is 4.79 Å². The summed E-state index contributed by atoms with van der Waals surface area (Å²) in [6, 6.07) is 7.59. The minimum Gasteiger partial charge on any atom is -0.396 e. The lowest BCUT2D eigenvalue weighted by Gasteiger charge is -2.29. The van der Waals surface area contributed by atoms with Crippen LogP contribution in [0.25, 0.3) is 0 Å². The first-order valence-electron chi connectivity index (χ1n) is 7.78. The van der Waals surface area contributed by atoms with Crippen molar-refractivity contribution in [3.05, 3.63) is 24.3 Å². The molecule has 1 aromatic rings. The minimum absolute atomic E-state index is 0.0722.